The number of rotatable bonds is 8. The first-order valence-corrected chi connectivity index (χ1v) is 9.56. The summed E-state index contributed by atoms with van der Waals surface area (Å²) in [6, 6.07) is 13.7. The fourth-order valence-corrected chi connectivity index (χ4v) is 3.03. The highest BCUT2D eigenvalue weighted by molar-refractivity contribution is 5.85. The van der Waals surface area contributed by atoms with E-state index < -0.39 is 42.6 Å². The first kappa shape index (κ1) is 23.2. The Morgan fingerprint density at radius 3 is 2.28 bits per heavy atom. The summed E-state index contributed by atoms with van der Waals surface area (Å²) < 4.78 is 16.4. The average Bonchev–Trinajstić information content (AvgIpc) is 2.77. The summed E-state index contributed by atoms with van der Waals surface area (Å²) in [5.74, 6) is -2.35. The van der Waals surface area contributed by atoms with Crippen LogP contribution in [0.4, 0.5) is 0 Å². The average molecular weight is 446 g/mol. The maximum Gasteiger partial charge on any atom is 0.335 e. The lowest BCUT2D eigenvalue weighted by Gasteiger charge is -2.38. The number of benzene rings is 2. The standard InChI is InChI=1S/C22H22O10/c23-16(24)7-6-13-8-14(30-11-12-4-2-1-3-5-12)10-15(9-13)31-22-19(27)17(25)18(26)20(32-22)21(28)29/h1-10,17-20,22,25-27H,11H2,(H,23,24)(H,28,29)/b7-6+/t17-,18-,19+,20-,22+/m0/s1. The summed E-state index contributed by atoms with van der Waals surface area (Å²) in [6.45, 7) is 0.209. The third-order valence-electron chi connectivity index (χ3n) is 4.63. The zero-order valence-electron chi connectivity index (χ0n) is 16.6. The van der Waals surface area contributed by atoms with E-state index in [1.165, 1.54) is 18.2 Å². The van der Waals surface area contributed by atoms with Crippen LogP contribution in [0.25, 0.3) is 6.08 Å². The molecule has 0 unspecified atom stereocenters. The van der Waals surface area contributed by atoms with Crippen molar-refractivity contribution in [3.05, 3.63) is 65.7 Å². The molecule has 0 amide bonds. The molecule has 2 aromatic rings. The minimum atomic E-state index is -1.85. The zero-order chi connectivity index (χ0) is 23.3. The highest BCUT2D eigenvalue weighted by Gasteiger charge is 2.48. The van der Waals surface area contributed by atoms with E-state index in [0.29, 0.717) is 11.3 Å². The molecule has 0 radical (unpaired) electrons. The Morgan fingerprint density at radius 1 is 0.938 bits per heavy atom. The molecule has 0 bridgehead atoms. The number of carboxylic acid groups (broad SMARTS) is 2. The van der Waals surface area contributed by atoms with Crippen molar-refractivity contribution in [1.82, 2.24) is 0 Å². The fraction of sp³-hybridized carbons (Fsp3) is 0.273. The Labute approximate surface area is 182 Å². The van der Waals surface area contributed by atoms with Crippen molar-refractivity contribution in [2.75, 3.05) is 0 Å². The summed E-state index contributed by atoms with van der Waals surface area (Å²) in [5, 5.41) is 48.0. The molecule has 1 saturated heterocycles. The van der Waals surface area contributed by atoms with Crippen molar-refractivity contribution in [3.8, 4) is 11.5 Å². The van der Waals surface area contributed by atoms with Crippen molar-refractivity contribution in [2.24, 2.45) is 0 Å². The molecule has 3 rings (SSSR count). The molecule has 0 aromatic heterocycles. The van der Waals surface area contributed by atoms with Gasteiger partial charge < -0.3 is 39.7 Å². The number of carboxylic acids is 2. The van der Waals surface area contributed by atoms with Crippen LogP contribution in [0.3, 0.4) is 0 Å². The number of carbonyl (C=O) groups is 2. The molecule has 1 heterocycles. The third-order valence-corrected chi connectivity index (χ3v) is 4.63. The van der Waals surface area contributed by atoms with Crippen molar-refractivity contribution < 1.29 is 49.3 Å². The highest BCUT2D eigenvalue weighted by atomic mass is 16.7. The van der Waals surface area contributed by atoms with Gasteiger partial charge in [-0.05, 0) is 29.3 Å². The Hall–Kier alpha value is -3.44. The van der Waals surface area contributed by atoms with Gasteiger partial charge >= 0.3 is 11.9 Å². The number of aliphatic hydroxyl groups is 3. The Balaban J connectivity index is 1.84. The molecule has 0 saturated carbocycles. The Kier molecular flexibility index (Phi) is 7.44. The predicted molar refractivity (Wildman–Crippen MR) is 109 cm³/mol. The van der Waals surface area contributed by atoms with Crippen molar-refractivity contribution in [1.29, 1.82) is 0 Å². The summed E-state index contributed by atoms with van der Waals surface area (Å²) in [7, 11) is 0. The Morgan fingerprint density at radius 2 is 1.62 bits per heavy atom. The molecule has 1 fully saturated rings. The quantitative estimate of drug-likeness (QED) is 0.364. The van der Waals surface area contributed by atoms with Gasteiger partial charge in [0.15, 0.2) is 6.10 Å². The van der Waals surface area contributed by atoms with Gasteiger partial charge in [-0.15, -0.1) is 0 Å². The molecule has 5 N–H and O–H groups in total. The van der Waals surface area contributed by atoms with E-state index in [4.69, 9.17) is 24.4 Å². The van der Waals surface area contributed by atoms with E-state index in [9.17, 15) is 24.9 Å². The lowest BCUT2D eigenvalue weighted by molar-refractivity contribution is -0.271. The van der Waals surface area contributed by atoms with E-state index in [-0.39, 0.29) is 12.4 Å². The van der Waals surface area contributed by atoms with Crippen LogP contribution in [0.5, 0.6) is 11.5 Å². The second-order valence-corrected chi connectivity index (χ2v) is 7.04. The van der Waals surface area contributed by atoms with Crippen LogP contribution in [-0.2, 0) is 20.9 Å². The minimum Gasteiger partial charge on any atom is -0.489 e. The minimum absolute atomic E-state index is 0.0531. The van der Waals surface area contributed by atoms with Crippen LogP contribution in [0.2, 0.25) is 0 Å². The van der Waals surface area contributed by atoms with Crippen molar-refractivity contribution in [3.63, 3.8) is 0 Å². The van der Waals surface area contributed by atoms with Crippen LogP contribution < -0.4 is 9.47 Å². The third kappa shape index (κ3) is 5.83. The molecule has 1 aliphatic heterocycles. The molecule has 1 aliphatic rings. The van der Waals surface area contributed by atoms with E-state index in [1.54, 1.807) is 6.07 Å². The second-order valence-electron chi connectivity index (χ2n) is 7.04. The van der Waals surface area contributed by atoms with Crippen LogP contribution in [0.15, 0.2) is 54.6 Å². The topological polar surface area (TPSA) is 163 Å². The second kappa shape index (κ2) is 10.2. The lowest BCUT2D eigenvalue weighted by Crippen LogP contribution is -2.61. The molecule has 10 heteroatoms. The molecule has 2 aromatic carbocycles. The molecular formula is C22H22O10. The van der Waals surface area contributed by atoms with Gasteiger partial charge in [-0.25, -0.2) is 9.59 Å². The van der Waals surface area contributed by atoms with Gasteiger partial charge in [0.25, 0.3) is 0 Å². The molecule has 10 nitrogen and oxygen atoms in total. The smallest absolute Gasteiger partial charge is 0.335 e. The van der Waals surface area contributed by atoms with Gasteiger partial charge in [0.05, 0.1) is 0 Å². The van der Waals surface area contributed by atoms with Gasteiger partial charge in [-0.2, -0.15) is 0 Å². The van der Waals surface area contributed by atoms with E-state index >= 15 is 0 Å². The van der Waals surface area contributed by atoms with Crippen LogP contribution in [0.1, 0.15) is 11.1 Å². The number of aliphatic carboxylic acids is 2. The molecule has 170 valence electrons. The predicted octanol–water partition coefficient (Wildman–Crippen LogP) is 0.634. The van der Waals surface area contributed by atoms with Gasteiger partial charge in [0.1, 0.15) is 36.4 Å². The Bertz CT molecular complexity index is 974. The maximum absolute atomic E-state index is 11.3. The van der Waals surface area contributed by atoms with Gasteiger partial charge in [-0.3, -0.25) is 0 Å². The normalized spacial score (nSPS) is 25.4. The monoisotopic (exact) mass is 446 g/mol. The first-order chi connectivity index (χ1) is 15.2. The maximum atomic E-state index is 11.3. The number of ether oxygens (including phenoxy) is 3. The number of hydrogen-bond donors (Lipinski definition) is 5. The largest absolute Gasteiger partial charge is 0.489 e. The highest BCUT2D eigenvalue weighted by Crippen LogP contribution is 2.29. The summed E-state index contributed by atoms with van der Waals surface area (Å²) in [4.78, 5) is 22.1. The summed E-state index contributed by atoms with van der Waals surface area (Å²) in [5.41, 5.74) is 1.27. The summed E-state index contributed by atoms with van der Waals surface area (Å²) in [6.07, 6.45) is -6.64. The van der Waals surface area contributed by atoms with E-state index in [0.717, 1.165) is 11.6 Å². The van der Waals surface area contributed by atoms with Gasteiger partial charge in [-0.1, -0.05) is 30.3 Å². The van der Waals surface area contributed by atoms with Crippen LogP contribution >= 0.6 is 0 Å². The molecule has 32 heavy (non-hydrogen) atoms. The molecular weight excluding hydrogens is 424 g/mol. The van der Waals surface area contributed by atoms with E-state index in [1.807, 2.05) is 30.3 Å². The SMILES string of the molecule is O=C(O)/C=C/c1cc(OCc2ccccc2)cc(O[C@@H]2O[C@H](C(=O)O)[C@@H](O)[C@H](O)[C@H]2O)c1. The number of hydrogen-bond acceptors (Lipinski definition) is 8. The molecule has 0 spiro atoms. The molecule has 0 aliphatic carbocycles. The van der Waals surface area contributed by atoms with Crippen LogP contribution in [-0.4, -0.2) is 68.2 Å². The van der Waals surface area contributed by atoms with Crippen molar-refractivity contribution in [2.45, 2.75) is 37.3 Å². The fourth-order valence-electron chi connectivity index (χ4n) is 3.03. The number of aliphatic hydroxyl groups excluding tert-OH is 3. The van der Waals surface area contributed by atoms with E-state index in [2.05, 4.69) is 0 Å². The zero-order valence-corrected chi connectivity index (χ0v) is 16.6. The first-order valence-electron chi connectivity index (χ1n) is 9.56. The van der Waals surface area contributed by atoms with Crippen LogP contribution in [0, 0.1) is 0 Å². The van der Waals surface area contributed by atoms with Gasteiger partial charge in [0, 0.05) is 12.1 Å². The summed E-state index contributed by atoms with van der Waals surface area (Å²) >= 11 is 0. The molecule has 5 atom stereocenters. The lowest BCUT2D eigenvalue weighted by atomic mass is 9.99. The van der Waals surface area contributed by atoms with Gasteiger partial charge in [0.2, 0.25) is 6.29 Å². The van der Waals surface area contributed by atoms with Crippen molar-refractivity contribution >= 4 is 18.0 Å².